The Kier molecular flexibility index (Phi) is 4.53. The van der Waals surface area contributed by atoms with E-state index in [1.54, 1.807) is 4.68 Å². The second-order valence-corrected chi connectivity index (χ2v) is 5.77. The lowest BCUT2D eigenvalue weighted by molar-refractivity contribution is 0.288. The molecule has 96 valence electrons. The van der Waals surface area contributed by atoms with E-state index in [-0.39, 0.29) is 6.61 Å². The Morgan fingerprint density at radius 1 is 1.28 bits per heavy atom. The van der Waals surface area contributed by atoms with Crippen molar-refractivity contribution in [3.8, 4) is 5.69 Å². The summed E-state index contributed by atoms with van der Waals surface area (Å²) < 4.78 is 3.67. The predicted molar refractivity (Wildman–Crippen MR) is 76.9 cm³/mol. The molecule has 0 bridgehead atoms. The average molecular weight is 375 g/mol. The maximum atomic E-state index is 8.80. The fourth-order valence-electron chi connectivity index (χ4n) is 1.69. The van der Waals surface area contributed by atoms with Crippen LogP contribution in [0.15, 0.2) is 27.3 Å². The molecule has 0 spiro atoms. The first-order valence-electron chi connectivity index (χ1n) is 5.60. The van der Waals surface area contributed by atoms with Gasteiger partial charge in [-0.15, -0.1) is 5.10 Å². The van der Waals surface area contributed by atoms with Crippen LogP contribution in [-0.4, -0.2) is 26.7 Å². The molecule has 1 aromatic carbocycles. The molecule has 0 saturated carbocycles. The number of hydrogen-bond acceptors (Lipinski definition) is 3. The van der Waals surface area contributed by atoms with Gasteiger partial charge in [-0.2, -0.15) is 0 Å². The van der Waals surface area contributed by atoms with Gasteiger partial charge in [0.15, 0.2) is 0 Å². The topological polar surface area (TPSA) is 50.9 Å². The van der Waals surface area contributed by atoms with Crippen LogP contribution in [0, 0.1) is 6.92 Å². The van der Waals surface area contributed by atoms with E-state index in [1.165, 1.54) is 0 Å². The van der Waals surface area contributed by atoms with Crippen molar-refractivity contribution in [1.82, 2.24) is 15.0 Å². The molecule has 6 heteroatoms. The van der Waals surface area contributed by atoms with Gasteiger partial charge in [-0.25, -0.2) is 4.68 Å². The Morgan fingerprint density at radius 2 is 1.94 bits per heavy atom. The van der Waals surface area contributed by atoms with Crippen molar-refractivity contribution in [2.45, 2.75) is 19.8 Å². The lowest BCUT2D eigenvalue weighted by Gasteiger charge is -2.07. The molecule has 0 aliphatic carbocycles. The molecule has 0 aliphatic heterocycles. The summed E-state index contributed by atoms with van der Waals surface area (Å²) in [5, 5.41) is 17.0. The van der Waals surface area contributed by atoms with E-state index >= 15 is 0 Å². The molecule has 0 fully saturated rings. The smallest absolute Gasteiger partial charge is 0.0947 e. The van der Waals surface area contributed by atoms with Crippen LogP contribution in [0.2, 0.25) is 0 Å². The largest absolute Gasteiger partial charge is 0.396 e. The number of halogens is 2. The van der Waals surface area contributed by atoms with Crippen LogP contribution >= 0.6 is 31.9 Å². The highest BCUT2D eigenvalue weighted by Gasteiger charge is 2.10. The molecule has 0 saturated heterocycles. The van der Waals surface area contributed by atoms with Crippen LogP contribution in [0.3, 0.4) is 0 Å². The Morgan fingerprint density at radius 3 is 2.56 bits per heavy atom. The number of aliphatic hydroxyl groups is 1. The summed E-state index contributed by atoms with van der Waals surface area (Å²) in [6.07, 6.45) is 3.32. The quantitative estimate of drug-likeness (QED) is 0.894. The SMILES string of the molecule is Cc1cc(Br)c(-n2cc(CCCO)nn2)c(Br)c1. The number of aryl methyl sites for hydroxylation is 2. The standard InChI is InChI=1S/C12H13Br2N3O/c1-8-5-10(13)12(11(14)6-8)17-7-9(15-16-17)3-2-4-18/h5-7,18H,2-4H2,1H3. The highest BCUT2D eigenvalue weighted by molar-refractivity contribution is 9.11. The Hall–Kier alpha value is -0.720. The lowest BCUT2D eigenvalue weighted by Crippen LogP contribution is -1.98. The van der Waals surface area contributed by atoms with Gasteiger partial charge in [-0.05, 0) is 69.3 Å². The zero-order valence-electron chi connectivity index (χ0n) is 9.90. The predicted octanol–water partition coefficient (Wildman–Crippen LogP) is 3.03. The summed E-state index contributed by atoms with van der Waals surface area (Å²) in [6.45, 7) is 2.21. The van der Waals surface area contributed by atoms with Crippen molar-refractivity contribution in [2.75, 3.05) is 6.61 Å². The second-order valence-electron chi connectivity index (χ2n) is 4.06. The summed E-state index contributed by atoms with van der Waals surface area (Å²) in [6, 6.07) is 4.07. The van der Waals surface area contributed by atoms with Gasteiger partial charge < -0.3 is 5.11 Å². The minimum atomic E-state index is 0.171. The van der Waals surface area contributed by atoms with Crippen molar-refractivity contribution < 1.29 is 5.11 Å². The van der Waals surface area contributed by atoms with Crippen LogP contribution in [0.25, 0.3) is 5.69 Å². The normalized spacial score (nSPS) is 10.9. The third kappa shape index (κ3) is 2.99. The molecule has 1 heterocycles. The molecule has 1 N–H and O–H groups in total. The monoisotopic (exact) mass is 373 g/mol. The van der Waals surface area contributed by atoms with E-state index in [9.17, 15) is 0 Å². The molecule has 2 aromatic rings. The van der Waals surface area contributed by atoms with Gasteiger partial charge in [0.2, 0.25) is 0 Å². The van der Waals surface area contributed by atoms with E-state index in [2.05, 4.69) is 42.2 Å². The van der Waals surface area contributed by atoms with Crippen LogP contribution in [0.4, 0.5) is 0 Å². The highest BCUT2D eigenvalue weighted by Crippen LogP contribution is 2.30. The van der Waals surface area contributed by atoms with Gasteiger partial charge in [0.1, 0.15) is 0 Å². The van der Waals surface area contributed by atoms with E-state index in [0.717, 1.165) is 32.3 Å². The first kappa shape index (κ1) is 13.7. The van der Waals surface area contributed by atoms with Crippen molar-refractivity contribution >= 4 is 31.9 Å². The summed E-state index contributed by atoms with van der Waals surface area (Å²) >= 11 is 7.08. The van der Waals surface area contributed by atoms with E-state index < -0.39 is 0 Å². The number of aromatic nitrogens is 3. The number of hydrogen-bond donors (Lipinski definition) is 1. The second kappa shape index (κ2) is 5.95. The average Bonchev–Trinajstić information content (AvgIpc) is 2.73. The molecule has 0 aliphatic rings. The third-order valence-electron chi connectivity index (χ3n) is 2.52. The van der Waals surface area contributed by atoms with Crippen molar-refractivity contribution in [3.05, 3.63) is 38.5 Å². The van der Waals surface area contributed by atoms with E-state index in [4.69, 9.17) is 5.11 Å². The van der Waals surface area contributed by atoms with Crippen molar-refractivity contribution in [2.24, 2.45) is 0 Å². The summed E-state index contributed by atoms with van der Waals surface area (Å²) in [4.78, 5) is 0. The minimum absolute atomic E-state index is 0.171. The van der Waals surface area contributed by atoms with Crippen LogP contribution in [0.5, 0.6) is 0 Å². The third-order valence-corrected chi connectivity index (χ3v) is 3.73. The fourth-order valence-corrected chi connectivity index (χ4v) is 3.47. The summed E-state index contributed by atoms with van der Waals surface area (Å²) in [5.74, 6) is 0. The van der Waals surface area contributed by atoms with Gasteiger partial charge in [-0.3, -0.25) is 0 Å². The first-order valence-corrected chi connectivity index (χ1v) is 7.18. The van der Waals surface area contributed by atoms with Gasteiger partial charge in [0.05, 0.1) is 17.6 Å². The molecular weight excluding hydrogens is 362 g/mol. The number of benzene rings is 1. The molecule has 0 unspecified atom stereocenters. The molecular formula is C12H13Br2N3O. The molecule has 0 atom stereocenters. The Bertz CT molecular complexity index is 531. The minimum Gasteiger partial charge on any atom is -0.396 e. The van der Waals surface area contributed by atoms with Gasteiger partial charge >= 0.3 is 0 Å². The summed E-state index contributed by atoms with van der Waals surface area (Å²) in [5.41, 5.74) is 2.98. The van der Waals surface area contributed by atoms with E-state index in [0.29, 0.717) is 6.42 Å². The Balaban J connectivity index is 2.34. The molecule has 4 nitrogen and oxygen atoms in total. The molecule has 1 aromatic heterocycles. The first-order chi connectivity index (χ1) is 8.61. The number of aliphatic hydroxyl groups excluding tert-OH is 1. The van der Waals surface area contributed by atoms with Gasteiger partial charge in [-0.1, -0.05) is 5.21 Å². The summed E-state index contributed by atoms with van der Waals surface area (Å²) in [7, 11) is 0. The zero-order chi connectivity index (χ0) is 13.1. The molecule has 2 rings (SSSR count). The molecule has 18 heavy (non-hydrogen) atoms. The van der Waals surface area contributed by atoms with E-state index in [1.807, 2.05) is 25.3 Å². The zero-order valence-corrected chi connectivity index (χ0v) is 13.1. The van der Waals surface area contributed by atoms with Crippen LogP contribution in [0.1, 0.15) is 17.7 Å². The molecule has 0 radical (unpaired) electrons. The van der Waals surface area contributed by atoms with Crippen molar-refractivity contribution in [1.29, 1.82) is 0 Å². The van der Waals surface area contributed by atoms with Gasteiger partial charge in [0, 0.05) is 15.6 Å². The van der Waals surface area contributed by atoms with Crippen molar-refractivity contribution in [3.63, 3.8) is 0 Å². The maximum absolute atomic E-state index is 8.80. The highest BCUT2D eigenvalue weighted by atomic mass is 79.9. The lowest BCUT2D eigenvalue weighted by atomic mass is 10.2. The van der Waals surface area contributed by atoms with Crippen LogP contribution in [-0.2, 0) is 6.42 Å². The van der Waals surface area contributed by atoms with Crippen LogP contribution < -0.4 is 0 Å². The molecule has 0 amide bonds. The fraction of sp³-hybridized carbons (Fsp3) is 0.333. The maximum Gasteiger partial charge on any atom is 0.0947 e. The number of nitrogens with zero attached hydrogens (tertiary/aromatic N) is 3. The Labute approximate surface area is 122 Å². The number of rotatable bonds is 4. The van der Waals surface area contributed by atoms with Gasteiger partial charge in [0.25, 0.3) is 0 Å².